The standard InChI is InChI=1S/C21H22FNO2S/c22-18-6-2-1-5-17(18)20(21(24)14-7-8-14)23-10-9-19(26)15(13-23)12-16-4-3-11-25-16/h1-6,11-12,14,19-20,26H,7-10,13H2/b15-12-. The lowest BCUT2D eigenvalue weighted by atomic mass is 9.93. The van der Waals surface area contributed by atoms with Crippen molar-refractivity contribution in [1.82, 2.24) is 4.90 Å². The molecule has 2 unspecified atom stereocenters. The average Bonchev–Trinajstić information content (AvgIpc) is 3.37. The van der Waals surface area contributed by atoms with Crippen molar-refractivity contribution in [1.29, 1.82) is 0 Å². The Bertz CT molecular complexity index is 813. The fraction of sp³-hybridized carbons (Fsp3) is 0.381. The fourth-order valence-corrected chi connectivity index (χ4v) is 3.90. The third-order valence-electron chi connectivity index (χ3n) is 5.19. The van der Waals surface area contributed by atoms with Gasteiger partial charge in [0, 0.05) is 29.8 Å². The smallest absolute Gasteiger partial charge is 0.157 e. The van der Waals surface area contributed by atoms with Gasteiger partial charge in [0.1, 0.15) is 11.6 Å². The second kappa shape index (κ2) is 7.41. The quantitative estimate of drug-likeness (QED) is 0.784. The summed E-state index contributed by atoms with van der Waals surface area (Å²) >= 11 is 4.69. The number of carbonyl (C=O) groups excluding carboxylic acids is 1. The topological polar surface area (TPSA) is 33.5 Å². The normalized spacial score (nSPS) is 23.9. The fourth-order valence-electron chi connectivity index (χ4n) is 3.63. The third-order valence-corrected chi connectivity index (χ3v) is 5.78. The minimum absolute atomic E-state index is 0.0748. The summed E-state index contributed by atoms with van der Waals surface area (Å²) in [4.78, 5) is 15.1. The SMILES string of the molecule is O=C(C1CC1)C(c1ccccc1F)N1CCC(S)/C(=C\c2ccco2)C1. The molecule has 5 heteroatoms. The van der Waals surface area contributed by atoms with Crippen LogP contribution in [-0.2, 0) is 4.79 Å². The molecule has 1 saturated carbocycles. The predicted molar refractivity (Wildman–Crippen MR) is 103 cm³/mol. The highest BCUT2D eigenvalue weighted by Crippen LogP contribution is 2.39. The molecule has 0 amide bonds. The van der Waals surface area contributed by atoms with Gasteiger partial charge in [-0.05, 0) is 49.1 Å². The molecule has 3 nitrogen and oxygen atoms in total. The predicted octanol–water partition coefficient (Wildman–Crippen LogP) is 4.53. The Morgan fingerprint density at radius 1 is 1.23 bits per heavy atom. The first-order valence-electron chi connectivity index (χ1n) is 9.07. The summed E-state index contributed by atoms with van der Waals surface area (Å²) in [5, 5.41) is 0.119. The molecule has 0 bridgehead atoms. The van der Waals surface area contributed by atoms with Crippen molar-refractivity contribution in [2.45, 2.75) is 30.6 Å². The number of furan rings is 1. The Kier molecular flexibility index (Phi) is 5.00. The number of thiol groups is 1. The number of Topliss-reactive ketones (excluding diaryl/α,β-unsaturated/α-hetero) is 1. The monoisotopic (exact) mass is 371 g/mol. The molecule has 1 aliphatic heterocycles. The molecular formula is C21H22FNO2S. The lowest BCUT2D eigenvalue weighted by Gasteiger charge is -2.37. The number of ketones is 1. The first-order valence-corrected chi connectivity index (χ1v) is 9.59. The van der Waals surface area contributed by atoms with Crippen LogP contribution in [-0.4, -0.2) is 29.0 Å². The van der Waals surface area contributed by atoms with E-state index in [1.54, 1.807) is 24.5 Å². The van der Waals surface area contributed by atoms with Crippen LogP contribution in [0.3, 0.4) is 0 Å². The van der Waals surface area contributed by atoms with Crippen LogP contribution in [0.15, 0.2) is 52.7 Å². The van der Waals surface area contributed by atoms with E-state index in [9.17, 15) is 9.18 Å². The zero-order valence-corrected chi connectivity index (χ0v) is 15.4. The zero-order valence-electron chi connectivity index (χ0n) is 14.5. The molecule has 1 saturated heterocycles. The first-order chi connectivity index (χ1) is 12.6. The largest absolute Gasteiger partial charge is 0.465 e. The Morgan fingerprint density at radius 2 is 2.04 bits per heavy atom. The van der Waals surface area contributed by atoms with Gasteiger partial charge in [0.15, 0.2) is 5.78 Å². The zero-order chi connectivity index (χ0) is 18.1. The van der Waals surface area contributed by atoms with E-state index in [1.807, 2.05) is 18.2 Å². The molecule has 1 aromatic carbocycles. The minimum atomic E-state index is -0.524. The van der Waals surface area contributed by atoms with Crippen LogP contribution in [0.2, 0.25) is 0 Å². The van der Waals surface area contributed by atoms with Crippen molar-refractivity contribution in [3.05, 3.63) is 65.4 Å². The number of hydrogen-bond donors (Lipinski definition) is 1. The number of benzene rings is 1. The Morgan fingerprint density at radius 3 is 2.73 bits per heavy atom. The molecule has 2 heterocycles. The molecule has 4 rings (SSSR count). The van der Waals surface area contributed by atoms with Crippen LogP contribution in [0, 0.1) is 11.7 Å². The highest BCUT2D eigenvalue weighted by molar-refractivity contribution is 7.81. The molecule has 26 heavy (non-hydrogen) atoms. The molecule has 0 N–H and O–H groups in total. The molecule has 2 aromatic rings. The van der Waals surface area contributed by atoms with E-state index in [1.165, 1.54) is 6.07 Å². The van der Waals surface area contributed by atoms with Gasteiger partial charge in [-0.3, -0.25) is 9.69 Å². The summed E-state index contributed by atoms with van der Waals surface area (Å²) in [6, 6.07) is 9.87. The van der Waals surface area contributed by atoms with Crippen LogP contribution in [0.5, 0.6) is 0 Å². The molecule has 136 valence electrons. The summed E-state index contributed by atoms with van der Waals surface area (Å²) in [6.07, 6.45) is 6.28. The molecular weight excluding hydrogens is 349 g/mol. The van der Waals surface area contributed by atoms with Gasteiger partial charge in [0.25, 0.3) is 0 Å². The maximum atomic E-state index is 14.5. The van der Waals surface area contributed by atoms with Gasteiger partial charge < -0.3 is 4.42 Å². The number of carbonyl (C=O) groups is 1. The van der Waals surface area contributed by atoms with E-state index >= 15 is 0 Å². The highest BCUT2D eigenvalue weighted by atomic mass is 32.1. The molecule has 2 aliphatic rings. The maximum Gasteiger partial charge on any atom is 0.157 e. The van der Waals surface area contributed by atoms with Crippen molar-refractivity contribution in [3.8, 4) is 0 Å². The summed E-state index contributed by atoms with van der Waals surface area (Å²) in [5.74, 6) is 0.684. The van der Waals surface area contributed by atoms with Gasteiger partial charge >= 0.3 is 0 Å². The summed E-state index contributed by atoms with van der Waals surface area (Å²) in [7, 11) is 0. The molecule has 1 aliphatic carbocycles. The Balaban J connectivity index is 1.65. The van der Waals surface area contributed by atoms with Crippen LogP contribution in [0.25, 0.3) is 6.08 Å². The van der Waals surface area contributed by atoms with E-state index in [4.69, 9.17) is 17.0 Å². The number of halogens is 1. The number of piperidine rings is 1. The summed E-state index contributed by atoms with van der Waals surface area (Å²) in [6.45, 7) is 1.31. The van der Waals surface area contributed by atoms with Crippen molar-refractivity contribution in [2.24, 2.45) is 5.92 Å². The van der Waals surface area contributed by atoms with E-state index < -0.39 is 6.04 Å². The summed E-state index contributed by atoms with van der Waals surface area (Å²) in [5.41, 5.74) is 1.58. The van der Waals surface area contributed by atoms with Gasteiger partial charge in [-0.15, -0.1) is 0 Å². The Hall–Kier alpha value is -1.85. The van der Waals surface area contributed by atoms with Crippen LogP contribution in [0.1, 0.15) is 36.6 Å². The van der Waals surface area contributed by atoms with E-state index in [0.29, 0.717) is 12.1 Å². The first kappa shape index (κ1) is 17.6. The third kappa shape index (κ3) is 3.64. The molecule has 0 radical (unpaired) electrons. The van der Waals surface area contributed by atoms with Crippen LogP contribution in [0.4, 0.5) is 4.39 Å². The van der Waals surface area contributed by atoms with Crippen LogP contribution < -0.4 is 0 Å². The molecule has 1 aromatic heterocycles. The van der Waals surface area contributed by atoms with Crippen molar-refractivity contribution in [3.63, 3.8) is 0 Å². The van der Waals surface area contributed by atoms with E-state index in [-0.39, 0.29) is 22.8 Å². The number of rotatable bonds is 5. The van der Waals surface area contributed by atoms with Crippen LogP contribution >= 0.6 is 12.6 Å². The van der Waals surface area contributed by atoms with Gasteiger partial charge in [0.2, 0.25) is 0 Å². The number of hydrogen-bond acceptors (Lipinski definition) is 4. The lowest BCUT2D eigenvalue weighted by Crippen LogP contribution is -2.42. The second-order valence-electron chi connectivity index (χ2n) is 7.11. The highest BCUT2D eigenvalue weighted by Gasteiger charge is 2.40. The van der Waals surface area contributed by atoms with Gasteiger partial charge in [-0.2, -0.15) is 12.6 Å². The van der Waals surface area contributed by atoms with Crippen molar-refractivity contribution < 1.29 is 13.6 Å². The molecule has 2 fully saturated rings. The molecule has 0 spiro atoms. The van der Waals surface area contributed by atoms with Crippen molar-refractivity contribution in [2.75, 3.05) is 13.1 Å². The number of likely N-dealkylation sites (tertiary alicyclic amines) is 1. The lowest BCUT2D eigenvalue weighted by molar-refractivity contribution is -0.126. The molecule has 2 atom stereocenters. The van der Waals surface area contributed by atoms with E-state index in [2.05, 4.69) is 4.90 Å². The summed E-state index contributed by atoms with van der Waals surface area (Å²) < 4.78 is 19.9. The van der Waals surface area contributed by atoms with E-state index in [0.717, 1.165) is 37.1 Å². The minimum Gasteiger partial charge on any atom is -0.465 e. The second-order valence-corrected chi connectivity index (χ2v) is 7.73. The van der Waals surface area contributed by atoms with Gasteiger partial charge in [-0.1, -0.05) is 18.2 Å². The Labute approximate surface area is 158 Å². The number of nitrogens with zero attached hydrogens (tertiary/aromatic N) is 1. The average molecular weight is 371 g/mol. The van der Waals surface area contributed by atoms with Crippen molar-refractivity contribution >= 4 is 24.5 Å². The maximum absolute atomic E-state index is 14.5. The van der Waals surface area contributed by atoms with Gasteiger partial charge in [-0.25, -0.2) is 4.39 Å². The van der Waals surface area contributed by atoms with Gasteiger partial charge in [0.05, 0.1) is 12.3 Å².